The highest BCUT2D eigenvalue weighted by atomic mass is 16.5. The van der Waals surface area contributed by atoms with Crippen molar-refractivity contribution in [1.82, 2.24) is 10.2 Å². The first kappa shape index (κ1) is 14.3. The van der Waals surface area contributed by atoms with Crippen molar-refractivity contribution >= 4 is 0 Å². The first-order valence-corrected chi connectivity index (χ1v) is 6.96. The molecule has 4 nitrogen and oxygen atoms in total. The molecule has 106 valence electrons. The van der Waals surface area contributed by atoms with Crippen LogP contribution in [-0.4, -0.2) is 55.4 Å². The van der Waals surface area contributed by atoms with E-state index in [4.69, 9.17) is 4.74 Å². The number of β-amino-alcohol motifs (C(OH)–C–C–N with tert-alkyl or cyclic N) is 1. The van der Waals surface area contributed by atoms with Gasteiger partial charge in [-0.2, -0.15) is 0 Å². The normalized spacial score (nSPS) is 18.3. The van der Waals surface area contributed by atoms with Crippen LogP contribution < -0.4 is 10.1 Å². The smallest absolute Gasteiger partial charge is 0.119 e. The van der Waals surface area contributed by atoms with E-state index in [1.54, 1.807) is 0 Å². The third kappa shape index (κ3) is 4.49. The third-order valence-corrected chi connectivity index (χ3v) is 3.60. The number of rotatable bonds is 5. The van der Waals surface area contributed by atoms with E-state index in [0.29, 0.717) is 13.2 Å². The highest BCUT2D eigenvalue weighted by Crippen LogP contribution is 2.16. The van der Waals surface area contributed by atoms with E-state index < -0.39 is 6.10 Å². The monoisotopic (exact) mass is 264 g/mol. The molecule has 0 aromatic heterocycles. The first-order valence-electron chi connectivity index (χ1n) is 6.96. The number of nitrogens with zero attached hydrogens (tertiary/aromatic N) is 1. The Hall–Kier alpha value is -1.10. The topological polar surface area (TPSA) is 44.7 Å². The maximum Gasteiger partial charge on any atom is 0.119 e. The van der Waals surface area contributed by atoms with E-state index in [-0.39, 0.29) is 0 Å². The van der Waals surface area contributed by atoms with Gasteiger partial charge in [0, 0.05) is 32.7 Å². The zero-order chi connectivity index (χ0) is 13.7. The summed E-state index contributed by atoms with van der Waals surface area (Å²) in [4.78, 5) is 2.27. The standard InChI is InChI=1S/C15H24N2O2/c1-12-3-4-15(9-13(12)2)19-11-14(18)10-17-7-5-16-6-8-17/h3-4,9,14,16,18H,5-8,10-11H2,1-2H3. The van der Waals surface area contributed by atoms with E-state index in [1.807, 2.05) is 18.2 Å². The van der Waals surface area contributed by atoms with Crippen molar-refractivity contribution in [3.63, 3.8) is 0 Å². The Morgan fingerprint density at radius 1 is 1.26 bits per heavy atom. The fraction of sp³-hybridized carbons (Fsp3) is 0.600. The van der Waals surface area contributed by atoms with E-state index in [1.165, 1.54) is 11.1 Å². The lowest BCUT2D eigenvalue weighted by molar-refractivity contribution is 0.0641. The summed E-state index contributed by atoms with van der Waals surface area (Å²) in [5.41, 5.74) is 2.47. The molecule has 1 aromatic carbocycles. The lowest BCUT2D eigenvalue weighted by atomic mass is 10.1. The van der Waals surface area contributed by atoms with E-state index in [9.17, 15) is 5.11 Å². The number of aliphatic hydroxyl groups excluding tert-OH is 1. The molecule has 1 saturated heterocycles. The van der Waals surface area contributed by atoms with Crippen LogP contribution in [0.1, 0.15) is 11.1 Å². The fourth-order valence-corrected chi connectivity index (χ4v) is 2.24. The Balaban J connectivity index is 1.75. The molecule has 0 bridgehead atoms. The Bertz CT molecular complexity index is 403. The van der Waals surface area contributed by atoms with E-state index in [2.05, 4.69) is 24.1 Å². The third-order valence-electron chi connectivity index (χ3n) is 3.60. The number of aryl methyl sites for hydroxylation is 2. The zero-order valence-corrected chi connectivity index (χ0v) is 11.9. The van der Waals surface area contributed by atoms with Crippen molar-refractivity contribution in [2.45, 2.75) is 20.0 Å². The van der Waals surface area contributed by atoms with E-state index in [0.717, 1.165) is 31.9 Å². The molecule has 1 aliphatic heterocycles. The molecule has 1 fully saturated rings. The lowest BCUT2D eigenvalue weighted by Gasteiger charge is -2.29. The number of hydrogen-bond acceptors (Lipinski definition) is 4. The number of benzene rings is 1. The highest BCUT2D eigenvalue weighted by Gasteiger charge is 2.14. The van der Waals surface area contributed by atoms with Crippen LogP contribution in [-0.2, 0) is 0 Å². The van der Waals surface area contributed by atoms with Crippen LogP contribution >= 0.6 is 0 Å². The molecule has 19 heavy (non-hydrogen) atoms. The van der Waals surface area contributed by atoms with Crippen LogP contribution in [0.2, 0.25) is 0 Å². The molecular weight excluding hydrogens is 240 g/mol. The van der Waals surface area contributed by atoms with Crippen molar-refractivity contribution in [2.24, 2.45) is 0 Å². The SMILES string of the molecule is Cc1ccc(OCC(O)CN2CCNCC2)cc1C. The average Bonchev–Trinajstić information content (AvgIpc) is 2.41. The van der Waals surface area contributed by atoms with Gasteiger partial charge in [-0.25, -0.2) is 0 Å². The second kappa shape index (κ2) is 6.89. The molecule has 4 heteroatoms. The summed E-state index contributed by atoms with van der Waals surface area (Å²) in [6.45, 7) is 9.20. The van der Waals surface area contributed by atoms with Gasteiger partial charge in [0.2, 0.25) is 0 Å². The van der Waals surface area contributed by atoms with Crippen LogP contribution in [0.4, 0.5) is 0 Å². The zero-order valence-electron chi connectivity index (χ0n) is 11.9. The summed E-state index contributed by atoms with van der Waals surface area (Å²) >= 11 is 0. The van der Waals surface area contributed by atoms with Crippen molar-refractivity contribution in [3.8, 4) is 5.75 Å². The molecular formula is C15H24N2O2. The number of piperazine rings is 1. The van der Waals surface area contributed by atoms with Crippen LogP contribution in [0.25, 0.3) is 0 Å². The Labute approximate surface area is 115 Å². The van der Waals surface area contributed by atoms with E-state index >= 15 is 0 Å². The van der Waals surface area contributed by atoms with Crippen LogP contribution in [0.15, 0.2) is 18.2 Å². The first-order chi connectivity index (χ1) is 9.15. The van der Waals surface area contributed by atoms with Gasteiger partial charge in [0.05, 0.1) is 0 Å². The van der Waals surface area contributed by atoms with Gasteiger partial charge in [-0.05, 0) is 37.1 Å². The molecule has 1 atom stereocenters. The van der Waals surface area contributed by atoms with Gasteiger partial charge in [0.25, 0.3) is 0 Å². The van der Waals surface area contributed by atoms with Crippen molar-refractivity contribution in [1.29, 1.82) is 0 Å². The molecule has 0 aliphatic carbocycles. The van der Waals surface area contributed by atoms with Crippen LogP contribution in [0, 0.1) is 13.8 Å². The molecule has 0 spiro atoms. The summed E-state index contributed by atoms with van der Waals surface area (Å²) in [5, 5.41) is 13.3. The maximum atomic E-state index is 10.00. The molecule has 2 rings (SSSR count). The summed E-state index contributed by atoms with van der Waals surface area (Å²) in [6, 6.07) is 6.03. The second-order valence-electron chi connectivity index (χ2n) is 5.26. The highest BCUT2D eigenvalue weighted by molar-refractivity contribution is 5.33. The fourth-order valence-electron chi connectivity index (χ4n) is 2.24. The van der Waals surface area contributed by atoms with Gasteiger partial charge in [-0.3, -0.25) is 4.90 Å². The molecule has 0 saturated carbocycles. The average molecular weight is 264 g/mol. The second-order valence-corrected chi connectivity index (χ2v) is 5.26. The summed E-state index contributed by atoms with van der Waals surface area (Å²) < 4.78 is 5.65. The largest absolute Gasteiger partial charge is 0.491 e. The van der Waals surface area contributed by atoms with Crippen molar-refractivity contribution < 1.29 is 9.84 Å². The van der Waals surface area contributed by atoms with Crippen molar-refractivity contribution in [2.75, 3.05) is 39.3 Å². The maximum absolute atomic E-state index is 10.00. The molecule has 1 unspecified atom stereocenters. The number of hydrogen-bond donors (Lipinski definition) is 2. The molecule has 0 amide bonds. The molecule has 0 radical (unpaired) electrons. The Morgan fingerprint density at radius 2 is 2.00 bits per heavy atom. The molecule has 1 aromatic rings. The number of nitrogens with one attached hydrogen (secondary N) is 1. The lowest BCUT2D eigenvalue weighted by Crippen LogP contribution is -2.47. The van der Waals surface area contributed by atoms with Gasteiger partial charge in [0.15, 0.2) is 0 Å². The quantitative estimate of drug-likeness (QED) is 0.831. The number of ether oxygens (including phenoxy) is 1. The summed E-state index contributed by atoms with van der Waals surface area (Å²) in [6.07, 6.45) is -0.431. The van der Waals surface area contributed by atoms with Crippen molar-refractivity contribution in [3.05, 3.63) is 29.3 Å². The minimum atomic E-state index is -0.431. The molecule has 2 N–H and O–H groups in total. The predicted octanol–water partition coefficient (Wildman–Crippen LogP) is 0.948. The van der Waals surface area contributed by atoms with Gasteiger partial charge in [0.1, 0.15) is 18.5 Å². The summed E-state index contributed by atoms with van der Waals surface area (Å²) in [7, 11) is 0. The Morgan fingerprint density at radius 3 is 2.68 bits per heavy atom. The van der Waals surface area contributed by atoms with Gasteiger partial charge in [-0.15, -0.1) is 0 Å². The number of aliphatic hydroxyl groups is 1. The van der Waals surface area contributed by atoms with Gasteiger partial charge >= 0.3 is 0 Å². The Kier molecular flexibility index (Phi) is 5.19. The molecule has 1 aliphatic rings. The minimum absolute atomic E-state index is 0.354. The van der Waals surface area contributed by atoms with Gasteiger partial charge < -0.3 is 15.2 Å². The minimum Gasteiger partial charge on any atom is -0.491 e. The summed E-state index contributed by atoms with van der Waals surface area (Å²) in [5.74, 6) is 0.836. The van der Waals surface area contributed by atoms with Gasteiger partial charge in [-0.1, -0.05) is 6.07 Å². The predicted molar refractivity (Wildman–Crippen MR) is 76.7 cm³/mol. The van der Waals surface area contributed by atoms with Crippen LogP contribution in [0.5, 0.6) is 5.75 Å². The van der Waals surface area contributed by atoms with Crippen LogP contribution in [0.3, 0.4) is 0 Å². The molecule has 1 heterocycles.